The molecule has 0 aliphatic heterocycles. The van der Waals surface area contributed by atoms with Crippen LogP contribution in [0.15, 0.2) is 11.4 Å². The van der Waals surface area contributed by atoms with E-state index in [0.717, 1.165) is 5.69 Å². The Hall–Kier alpha value is -1.96. The van der Waals surface area contributed by atoms with Crippen molar-refractivity contribution in [2.24, 2.45) is 12.2 Å². The van der Waals surface area contributed by atoms with E-state index in [1.54, 1.807) is 17.8 Å². The highest BCUT2D eigenvalue weighted by molar-refractivity contribution is 5.71. The van der Waals surface area contributed by atoms with Crippen LogP contribution in [0.25, 0.3) is 0 Å². The van der Waals surface area contributed by atoms with E-state index >= 15 is 0 Å². The number of aromatic nitrogens is 2. The summed E-state index contributed by atoms with van der Waals surface area (Å²) in [6.07, 6.45) is 2.95. The number of hydrogen-bond acceptors (Lipinski definition) is 5. The van der Waals surface area contributed by atoms with Crippen molar-refractivity contribution in [2.75, 3.05) is 6.61 Å². The van der Waals surface area contributed by atoms with Gasteiger partial charge in [0.05, 0.1) is 7.05 Å². The van der Waals surface area contributed by atoms with Gasteiger partial charge >= 0.3 is 5.82 Å². The fourth-order valence-corrected chi connectivity index (χ4v) is 1.28. The summed E-state index contributed by atoms with van der Waals surface area (Å²) in [5.41, 5.74) is -0.311. The second-order valence-corrected chi connectivity index (χ2v) is 4.53. The Morgan fingerprint density at radius 3 is 2.94 bits per heavy atom. The van der Waals surface area contributed by atoms with E-state index in [1.165, 1.54) is 20.1 Å². The van der Waals surface area contributed by atoms with Crippen LogP contribution in [-0.4, -0.2) is 33.5 Å². The summed E-state index contributed by atoms with van der Waals surface area (Å²) in [6, 6.07) is 0. The molecule has 1 aromatic heterocycles. The van der Waals surface area contributed by atoms with Gasteiger partial charge in [0.2, 0.25) is 5.54 Å². The lowest BCUT2D eigenvalue weighted by molar-refractivity contribution is -0.680. The zero-order valence-corrected chi connectivity index (χ0v) is 10.6. The highest BCUT2D eigenvalue weighted by atomic mass is 16.6. The Labute approximate surface area is 104 Å². The molecule has 1 rings (SSSR count). The SMILES string of the molecule is C[n+]1c(COCC(C)(C)[N+](=O)[O-])c[nH]c1C=NO. The molecule has 0 bridgehead atoms. The van der Waals surface area contributed by atoms with Gasteiger partial charge in [0.15, 0.2) is 11.9 Å². The Kier molecular flexibility index (Phi) is 4.38. The predicted molar refractivity (Wildman–Crippen MR) is 62.1 cm³/mol. The first-order valence-electron chi connectivity index (χ1n) is 5.34. The average Bonchev–Trinajstić information content (AvgIpc) is 2.62. The van der Waals surface area contributed by atoms with Crippen LogP contribution < -0.4 is 4.57 Å². The zero-order chi connectivity index (χ0) is 13.8. The lowest BCUT2D eigenvalue weighted by Gasteiger charge is -2.14. The van der Waals surface area contributed by atoms with Gasteiger partial charge in [-0.05, 0) is 0 Å². The summed E-state index contributed by atoms with van der Waals surface area (Å²) in [7, 11) is 1.77. The van der Waals surface area contributed by atoms with E-state index in [-0.39, 0.29) is 18.1 Å². The molecule has 0 atom stereocenters. The number of nitrogens with zero attached hydrogens (tertiary/aromatic N) is 3. The Morgan fingerprint density at radius 2 is 2.39 bits per heavy atom. The molecule has 100 valence electrons. The molecule has 0 fully saturated rings. The lowest BCUT2D eigenvalue weighted by Crippen LogP contribution is -2.38. The van der Waals surface area contributed by atoms with E-state index in [0.29, 0.717) is 5.82 Å². The predicted octanol–water partition coefficient (Wildman–Crippen LogP) is 0.219. The molecule has 1 aromatic rings. The van der Waals surface area contributed by atoms with Crippen molar-refractivity contribution >= 4 is 6.21 Å². The molecule has 2 N–H and O–H groups in total. The Balaban J connectivity index is 2.57. The molecular weight excluding hydrogens is 240 g/mol. The normalized spacial score (nSPS) is 12.2. The fourth-order valence-electron chi connectivity index (χ4n) is 1.28. The minimum Gasteiger partial charge on any atom is -0.411 e. The maximum atomic E-state index is 10.7. The van der Waals surface area contributed by atoms with E-state index in [4.69, 9.17) is 9.94 Å². The third kappa shape index (κ3) is 3.27. The van der Waals surface area contributed by atoms with Crippen molar-refractivity contribution in [3.63, 3.8) is 0 Å². The molecule has 0 aliphatic rings. The molecule has 8 heteroatoms. The number of imidazole rings is 1. The maximum Gasteiger partial charge on any atom is 0.301 e. The van der Waals surface area contributed by atoms with Gasteiger partial charge in [-0.25, -0.2) is 9.55 Å². The minimum absolute atomic E-state index is 0.0224. The van der Waals surface area contributed by atoms with Gasteiger partial charge in [-0.1, -0.05) is 5.16 Å². The van der Waals surface area contributed by atoms with Crippen molar-refractivity contribution in [3.05, 3.63) is 27.8 Å². The molecule has 0 aliphatic carbocycles. The summed E-state index contributed by atoms with van der Waals surface area (Å²) in [5.74, 6) is 0.602. The summed E-state index contributed by atoms with van der Waals surface area (Å²) < 4.78 is 7.06. The zero-order valence-electron chi connectivity index (χ0n) is 10.6. The van der Waals surface area contributed by atoms with Gasteiger partial charge < -0.3 is 9.94 Å². The van der Waals surface area contributed by atoms with Crippen LogP contribution in [0.2, 0.25) is 0 Å². The quantitative estimate of drug-likeness (QED) is 0.250. The van der Waals surface area contributed by atoms with Crippen LogP contribution in [-0.2, 0) is 18.4 Å². The molecule has 1 heterocycles. The van der Waals surface area contributed by atoms with Crippen LogP contribution in [0.4, 0.5) is 0 Å². The van der Waals surface area contributed by atoms with E-state index in [1.807, 2.05) is 0 Å². The summed E-state index contributed by atoms with van der Waals surface area (Å²) in [5, 5.41) is 22.0. The van der Waals surface area contributed by atoms with Crippen molar-refractivity contribution < 1.29 is 19.4 Å². The smallest absolute Gasteiger partial charge is 0.301 e. The van der Waals surface area contributed by atoms with Gasteiger partial charge in [-0.3, -0.25) is 10.1 Å². The highest BCUT2D eigenvalue weighted by Crippen LogP contribution is 2.08. The van der Waals surface area contributed by atoms with Crippen LogP contribution in [0.1, 0.15) is 25.4 Å². The number of hydrogen-bond donors (Lipinski definition) is 2. The first kappa shape index (κ1) is 14.1. The van der Waals surface area contributed by atoms with Crippen LogP contribution >= 0.6 is 0 Å². The number of nitrogens with one attached hydrogen (secondary N) is 1. The van der Waals surface area contributed by atoms with Crippen LogP contribution in [0.5, 0.6) is 0 Å². The minimum atomic E-state index is -1.11. The molecule has 0 saturated heterocycles. The topological polar surface area (TPSA) is 105 Å². The number of oxime groups is 1. The molecule has 8 nitrogen and oxygen atoms in total. The van der Waals surface area contributed by atoms with Crippen molar-refractivity contribution in [2.45, 2.75) is 26.0 Å². The number of aromatic amines is 1. The largest absolute Gasteiger partial charge is 0.411 e. The number of rotatable bonds is 6. The summed E-state index contributed by atoms with van der Waals surface area (Å²) in [6.45, 7) is 3.28. The molecule has 0 spiro atoms. The van der Waals surface area contributed by atoms with Crippen LogP contribution in [0, 0.1) is 10.1 Å². The maximum absolute atomic E-state index is 10.7. The first-order valence-corrected chi connectivity index (χ1v) is 5.34. The Bertz CT molecular complexity index is 453. The first-order chi connectivity index (χ1) is 8.38. The third-order valence-corrected chi connectivity index (χ3v) is 2.56. The lowest BCUT2D eigenvalue weighted by atomic mass is 10.1. The molecule has 0 amide bonds. The number of H-pyrrole nitrogens is 1. The molecule has 18 heavy (non-hydrogen) atoms. The van der Waals surface area contributed by atoms with E-state index < -0.39 is 5.54 Å². The van der Waals surface area contributed by atoms with Gasteiger partial charge in [0.1, 0.15) is 19.4 Å². The van der Waals surface area contributed by atoms with Gasteiger partial charge in [0.25, 0.3) is 0 Å². The standard InChI is InChI=1S/C10H16N4O4/c1-10(2,14(16)17)7-18-6-8-4-11-9(5-12-15)13(8)3/h4-5H,6-7H2,1-3H3,(H,11,15)/p+1. The second-order valence-electron chi connectivity index (χ2n) is 4.53. The van der Waals surface area contributed by atoms with E-state index in [9.17, 15) is 10.1 Å². The third-order valence-electron chi connectivity index (χ3n) is 2.56. The molecule has 0 saturated carbocycles. The average molecular weight is 257 g/mol. The molecular formula is C10H17N4O4+. The Morgan fingerprint density at radius 1 is 1.72 bits per heavy atom. The summed E-state index contributed by atoms with van der Waals surface area (Å²) in [4.78, 5) is 13.2. The second kappa shape index (κ2) is 5.58. The van der Waals surface area contributed by atoms with Gasteiger partial charge in [-0.15, -0.1) is 0 Å². The fraction of sp³-hybridized carbons (Fsp3) is 0.600. The van der Waals surface area contributed by atoms with Crippen LogP contribution in [0.3, 0.4) is 0 Å². The highest BCUT2D eigenvalue weighted by Gasteiger charge is 2.31. The molecule has 0 radical (unpaired) electrons. The van der Waals surface area contributed by atoms with E-state index in [2.05, 4.69) is 10.1 Å². The van der Waals surface area contributed by atoms with Crippen molar-refractivity contribution in [1.82, 2.24) is 4.98 Å². The number of ether oxygens (including phenoxy) is 1. The molecule has 0 aromatic carbocycles. The van der Waals surface area contributed by atoms with Crippen molar-refractivity contribution in [3.8, 4) is 0 Å². The monoisotopic (exact) mass is 257 g/mol. The van der Waals surface area contributed by atoms with Gasteiger partial charge in [0, 0.05) is 18.8 Å². The van der Waals surface area contributed by atoms with Crippen molar-refractivity contribution in [1.29, 1.82) is 0 Å². The molecule has 0 unspecified atom stereocenters. The van der Waals surface area contributed by atoms with Gasteiger partial charge in [-0.2, -0.15) is 0 Å². The summed E-state index contributed by atoms with van der Waals surface area (Å²) >= 11 is 0. The number of nitro groups is 1.